The molecule has 32 heavy (non-hydrogen) atoms. The van der Waals surface area contributed by atoms with Gasteiger partial charge in [-0.3, -0.25) is 19.3 Å². The lowest BCUT2D eigenvalue weighted by Crippen LogP contribution is -2.58. The maximum Gasteiger partial charge on any atom is 0.325 e. The van der Waals surface area contributed by atoms with Crippen LogP contribution in [-0.4, -0.2) is 59.5 Å². The van der Waals surface area contributed by atoms with Crippen LogP contribution in [0.15, 0.2) is 24.3 Å². The number of amides is 4. The summed E-state index contributed by atoms with van der Waals surface area (Å²) >= 11 is 0. The third-order valence-corrected chi connectivity index (χ3v) is 5.31. The second kappa shape index (κ2) is 12.6. The van der Waals surface area contributed by atoms with E-state index in [1.54, 1.807) is 31.2 Å². The van der Waals surface area contributed by atoms with Gasteiger partial charge in [0.05, 0.1) is 0 Å². The zero-order valence-electron chi connectivity index (χ0n) is 18.7. The molecule has 9 heteroatoms. The number of nitrogens with one attached hydrogen (secondary N) is 1. The average Bonchev–Trinajstić information content (AvgIpc) is 2.79. The first kappa shape index (κ1) is 25.0. The highest BCUT2D eigenvalue weighted by Gasteiger charge is 2.36. The molecule has 1 heterocycles. The van der Waals surface area contributed by atoms with Crippen LogP contribution in [0.5, 0.6) is 5.75 Å². The molecule has 174 valence electrons. The third kappa shape index (κ3) is 6.90. The molecule has 1 fully saturated rings. The first-order chi connectivity index (χ1) is 15.4. The molecule has 1 N–H and O–H groups in total. The van der Waals surface area contributed by atoms with Gasteiger partial charge in [0.25, 0.3) is 0 Å². The number of ether oxygens (including phenoxy) is 1. The largest absolute Gasteiger partial charge is 0.427 e. The van der Waals surface area contributed by atoms with Crippen LogP contribution in [0.4, 0.5) is 4.79 Å². The van der Waals surface area contributed by atoms with Gasteiger partial charge in [-0.05, 0) is 31.0 Å². The lowest BCUT2D eigenvalue weighted by atomic mass is 10.1. The van der Waals surface area contributed by atoms with Crippen LogP contribution in [0.3, 0.4) is 0 Å². The highest BCUT2D eigenvalue weighted by atomic mass is 16.5. The van der Waals surface area contributed by atoms with Crippen LogP contribution in [0.25, 0.3) is 0 Å². The van der Waals surface area contributed by atoms with Gasteiger partial charge in [0.2, 0.25) is 0 Å². The molecule has 1 aliphatic rings. The van der Waals surface area contributed by atoms with Crippen molar-refractivity contribution in [2.75, 3.05) is 19.6 Å². The number of carbonyl (C=O) groups is 5. The second-order valence-corrected chi connectivity index (χ2v) is 7.61. The molecular formula is C23H31N3O6. The van der Waals surface area contributed by atoms with E-state index in [0.29, 0.717) is 30.6 Å². The van der Waals surface area contributed by atoms with Gasteiger partial charge >= 0.3 is 23.8 Å². The maximum atomic E-state index is 12.5. The summed E-state index contributed by atoms with van der Waals surface area (Å²) in [6, 6.07) is 4.38. The molecule has 1 aromatic carbocycles. The normalized spacial score (nSPS) is 14.8. The number of benzene rings is 1. The predicted molar refractivity (Wildman–Crippen MR) is 117 cm³/mol. The van der Waals surface area contributed by atoms with Gasteiger partial charge in [-0.25, -0.2) is 4.79 Å². The molecule has 1 aromatic rings. The first-order valence-electron chi connectivity index (χ1n) is 11.1. The number of piperazine rings is 1. The molecule has 0 aromatic heterocycles. The standard InChI is InChI=1S/C23H31N3O6/c1-3-5-6-7-8-9-20(28)32-18-12-10-17(11-13-18)19(16-27)24-23(31)26-15-14-25(4-2)21(29)22(26)30/h10-13,16,19H,3-9,14-15H2,1-2H3,(H,24,31). The summed E-state index contributed by atoms with van der Waals surface area (Å²) in [6.45, 7) is 4.57. The Morgan fingerprint density at radius 2 is 1.72 bits per heavy atom. The van der Waals surface area contributed by atoms with Crippen molar-refractivity contribution in [2.45, 2.75) is 58.4 Å². The van der Waals surface area contributed by atoms with E-state index >= 15 is 0 Å². The Labute approximate surface area is 188 Å². The minimum absolute atomic E-state index is 0.0587. The number of carbonyl (C=O) groups excluding carboxylic acids is 5. The van der Waals surface area contributed by atoms with E-state index in [9.17, 15) is 24.0 Å². The Kier molecular flexibility index (Phi) is 9.84. The van der Waals surface area contributed by atoms with Crippen molar-refractivity contribution in [1.82, 2.24) is 15.1 Å². The molecule has 1 atom stereocenters. The summed E-state index contributed by atoms with van der Waals surface area (Å²) in [5.74, 6) is -1.63. The third-order valence-electron chi connectivity index (χ3n) is 5.31. The van der Waals surface area contributed by atoms with Crippen LogP contribution in [0.1, 0.15) is 64.0 Å². The zero-order valence-corrected chi connectivity index (χ0v) is 18.7. The van der Waals surface area contributed by atoms with Gasteiger partial charge in [-0.15, -0.1) is 0 Å². The van der Waals surface area contributed by atoms with Crippen molar-refractivity contribution in [2.24, 2.45) is 0 Å². The molecular weight excluding hydrogens is 414 g/mol. The van der Waals surface area contributed by atoms with Gasteiger partial charge in [0.15, 0.2) is 0 Å². The Balaban J connectivity index is 1.89. The number of likely N-dealkylation sites (N-methyl/N-ethyl adjacent to an activating group) is 1. The summed E-state index contributed by atoms with van der Waals surface area (Å²) in [4.78, 5) is 62.2. The van der Waals surface area contributed by atoms with Gasteiger partial charge in [0.1, 0.15) is 18.1 Å². The minimum atomic E-state index is -1.02. The lowest BCUT2D eigenvalue weighted by molar-refractivity contribution is -0.153. The monoisotopic (exact) mass is 445 g/mol. The van der Waals surface area contributed by atoms with Crippen molar-refractivity contribution in [3.05, 3.63) is 29.8 Å². The Hall–Kier alpha value is -3.23. The fraction of sp³-hybridized carbons (Fsp3) is 0.522. The number of nitrogens with zero attached hydrogens (tertiary/aromatic N) is 2. The molecule has 0 radical (unpaired) electrons. The van der Waals surface area contributed by atoms with Crippen LogP contribution in [-0.2, 0) is 19.2 Å². The van der Waals surface area contributed by atoms with Crippen LogP contribution >= 0.6 is 0 Å². The van der Waals surface area contributed by atoms with Gasteiger partial charge in [-0.2, -0.15) is 0 Å². The summed E-state index contributed by atoms with van der Waals surface area (Å²) in [6.07, 6.45) is 6.05. The number of aldehydes is 1. The number of hydrogen-bond acceptors (Lipinski definition) is 6. The average molecular weight is 446 g/mol. The second-order valence-electron chi connectivity index (χ2n) is 7.61. The van der Waals surface area contributed by atoms with Crippen LogP contribution in [0.2, 0.25) is 0 Å². The molecule has 1 aliphatic heterocycles. The first-order valence-corrected chi connectivity index (χ1v) is 11.1. The van der Waals surface area contributed by atoms with E-state index in [0.717, 1.165) is 37.0 Å². The lowest BCUT2D eigenvalue weighted by Gasteiger charge is -2.32. The number of esters is 1. The van der Waals surface area contributed by atoms with Crippen LogP contribution in [0, 0.1) is 0 Å². The molecule has 4 amide bonds. The van der Waals surface area contributed by atoms with E-state index in [-0.39, 0.29) is 19.1 Å². The zero-order chi connectivity index (χ0) is 23.5. The summed E-state index contributed by atoms with van der Waals surface area (Å²) in [5.41, 5.74) is 0.457. The van der Waals surface area contributed by atoms with E-state index in [1.165, 1.54) is 4.90 Å². The van der Waals surface area contributed by atoms with E-state index in [1.807, 2.05) is 0 Å². The number of hydrogen-bond donors (Lipinski definition) is 1. The number of unbranched alkanes of at least 4 members (excludes halogenated alkanes) is 4. The van der Waals surface area contributed by atoms with Crippen molar-refractivity contribution in [3.63, 3.8) is 0 Å². The maximum absolute atomic E-state index is 12.5. The fourth-order valence-electron chi connectivity index (χ4n) is 3.38. The SMILES string of the molecule is CCCCCCCC(=O)Oc1ccc(C(C=O)NC(=O)N2CCN(CC)C(=O)C2=O)cc1. The predicted octanol–water partition coefficient (Wildman–Crippen LogP) is 2.59. The molecule has 0 bridgehead atoms. The Bertz CT molecular complexity index is 824. The molecule has 1 saturated heterocycles. The number of rotatable bonds is 11. The molecule has 9 nitrogen and oxygen atoms in total. The number of imide groups is 1. The fourth-order valence-corrected chi connectivity index (χ4v) is 3.38. The van der Waals surface area contributed by atoms with Crippen molar-refractivity contribution in [3.8, 4) is 5.75 Å². The number of urea groups is 1. The molecule has 0 aliphatic carbocycles. The van der Waals surface area contributed by atoms with E-state index < -0.39 is 23.9 Å². The summed E-state index contributed by atoms with van der Waals surface area (Å²) < 4.78 is 5.30. The van der Waals surface area contributed by atoms with Crippen molar-refractivity contribution < 1.29 is 28.7 Å². The van der Waals surface area contributed by atoms with E-state index in [4.69, 9.17) is 4.74 Å². The summed E-state index contributed by atoms with van der Waals surface area (Å²) in [7, 11) is 0. The van der Waals surface area contributed by atoms with Crippen molar-refractivity contribution >= 4 is 30.1 Å². The van der Waals surface area contributed by atoms with Crippen molar-refractivity contribution in [1.29, 1.82) is 0 Å². The Morgan fingerprint density at radius 1 is 1.03 bits per heavy atom. The summed E-state index contributed by atoms with van der Waals surface area (Å²) in [5, 5.41) is 2.46. The minimum Gasteiger partial charge on any atom is -0.427 e. The molecule has 2 rings (SSSR count). The molecule has 1 unspecified atom stereocenters. The van der Waals surface area contributed by atoms with Crippen LogP contribution < -0.4 is 10.1 Å². The van der Waals surface area contributed by atoms with Gasteiger partial charge < -0.3 is 19.7 Å². The highest BCUT2D eigenvalue weighted by molar-refractivity contribution is 6.38. The highest BCUT2D eigenvalue weighted by Crippen LogP contribution is 2.18. The Morgan fingerprint density at radius 3 is 2.34 bits per heavy atom. The topological polar surface area (TPSA) is 113 Å². The van der Waals surface area contributed by atoms with Gasteiger partial charge in [0, 0.05) is 26.1 Å². The smallest absolute Gasteiger partial charge is 0.325 e. The quantitative estimate of drug-likeness (QED) is 0.184. The molecule has 0 spiro atoms. The van der Waals surface area contributed by atoms with E-state index in [2.05, 4.69) is 12.2 Å². The molecule has 0 saturated carbocycles. The van der Waals surface area contributed by atoms with Gasteiger partial charge in [-0.1, -0.05) is 44.7 Å².